The molecule has 0 bridgehead atoms. The minimum atomic E-state index is -3.93. The molecule has 1 aromatic carbocycles. The van der Waals surface area contributed by atoms with Gasteiger partial charge in [0.05, 0.1) is 11.5 Å². The van der Waals surface area contributed by atoms with Gasteiger partial charge in [0.2, 0.25) is 10.0 Å². The average molecular weight is 251 g/mol. The molecule has 16 heavy (non-hydrogen) atoms. The summed E-state index contributed by atoms with van der Waals surface area (Å²) in [7, 11) is -3.93. The van der Waals surface area contributed by atoms with Gasteiger partial charge in [-0.25, -0.2) is 21.9 Å². The van der Waals surface area contributed by atoms with Crippen molar-refractivity contribution in [2.24, 2.45) is 0 Å². The summed E-state index contributed by atoms with van der Waals surface area (Å²) in [5.74, 6) is -2.35. The molecule has 4 nitrogen and oxygen atoms in total. The summed E-state index contributed by atoms with van der Waals surface area (Å²) in [5.41, 5.74) is 0. The van der Waals surface area contributed by atoms with E-state index >= 15 is 0 Å². The molecular formula is C9H11F2NO3S. The average Bonchev–Trinajstić information content (AvgIpc) is 2.21. The van der Waals surface area contributed by atoms with Gasteiger partial charge in [-0.05, 0) is 25.1 Å². The zero-order chi connectivity index (χ0) is 12.3. The van der Waals surface area contributed by atoms with E-state index in [4.69, 9.17) is 5.11 Å². The topological polar surface area (TPSA) is 66.4 Å². The Morgan fingerprint density at radius 2 is 2.00 bits per heavy atom. The van der Waals surface area contributed by atoms with E-state index in [1.807, 2.05) is 0 Å². The van der Waals surface area contributed by atoms with Crippen molar-refractivity contribution >= 4 is 10.0 Å². The summed E-state index contributed by atoms with van der Waals surface area (Å²) in [6.07, 6.45) is 0. The standard InChI is InChI=1S/C9H11F2NO3S/c1-6(5-13)12-16(14,15)7-2-3-8(10)9(11)4-7/h2-4,6,12-13H,5H2,1H3/t6-/m1/s1. The van der Waals surface area contributed by atoms with Crippen LogP contribution in [0, 0.1) is 11.6 Å². The molecule has 0 saturated heterocycles. The molecule has 0 heterocycles. The van der Waals surface area contributed by atoms with Crippen LogP contribution >= 0.6 is 0 Å². The van der Waals surface area contributed by atoms with Gasteiger partial charge in [-0.15, -0.1) is 0 Å². The van der Waals surface area contributed by atoms with E-state index in [-0.39, 0.29) is 11.5 Å². The number of aliphatic hydroxyl groups is 1. The Bertz CT molecular complexity index is 476. The van der Waals surface area contributed by atoms with Crippen molar-refractivity contribution in [2.75, 3.05) is 6.61 Å². The minimum absolute atomic E-state index is 0.383. The molecule has 0 radical (unpaired) electrons. The molecule has 0 aliphatic heterocycles. The van der Waals surface area contributed by atoms with E-state index in [9.17, 15) is 17.2 Å². The lowest BCUT2D eigenvalue weighted by Gasteiger charge is -2.11. The van der Waals surface area contributed by atoms with Crippen molar-refractivity contribution in [1.82, 2.24) is 4.72 Å². The second-order valence-corrected chi connectivity index (χ2v) is 4.99. The van der Waals surface area contributed by atoms with Gasteiger partial charge in [-0.2, -0.15) is 0 Å². The number of nitrogens with one attached hydrogen (secondary N) is 1. The van der Waals surface area contributed by atoms with Crippen LogP contribution in [0.5, 0.6) is 0 Å². The van der Waals surface area contributed by atoms with Crippen LogP contribution in [0.2, 0.25) is 0 Å². The van der Waals surface area contributed by atoms with Gasteiger partial charge in [-0.1, -0.05) is 0 Å². The molecule has 1 rings (SSSR count). The van der Waals surface area contributed by atoms with E-state index < -0.39 is 27.7 Å². The third-order valence-electron chi connectivity index (χ3n) is 1.83. The zero-order valence-corrected chi connectivity index (χ0v) is 9.26. The summed E-state index contributed by atoms with van der Waals surface area (Å²) >= 11 is 0. The maximum atomic E-state index is 12.8. The summed E-state index contributed by atoms with van der Waals surface area (Å²) in [6.45, 7) is 1.06. The highest BCUT2D eigenvalue weighted by Gasteiger charge is 2.18. The highest BCUT2D eigenvalue weighted by molar-refractivity contribution is 7.89. The molecule has 0 saturated carbocycles. The number of sulfonamides is 1. The van der Waals surface area contributed by atoms with Crippen LogP contribution in [0.4, 0.5) is 8.78 Å². The van der Waals surface area contributed by atoms with Crippen LogP contribution in [0.3, 0.4) is 0 Å². The lowest BCUT2D eigenvalue weighted by Crippen LogP contribution is -2.35. The maximum absolute atomic E-state index is 12.8. The quantitative estimate of drug-likeness (QED) is 0.824. The molecule has 0 spiro atoms. The fraction of sp³-hybridized carbons (Fsp3) is 0.333. The van der Waals surface area contributed by atoms with Gasteiger partial charge in [0.1, 0.15) is 0 Å². The number of aliphatic hydroxyl groups excluding tert-OH is 1. The second kappa shape index (κ2) is 4.86. The Hall–Kier alpha value is -1.05. The fourth-order valence-electron chi connectivity index (χ4n) is 1.01. The van der Waals surface area contributed by atoms with Crippen molar-refractivity contribution in [3.8, 4) is 0 Å². The van der Waals surface area contributed by atoms with Gasteiger partial charge < -0.3 is 5.11 Å². The Morgan fingerprint density at radius 3 is 2.50 bits per heavy atom. The first-order valence-corrected chi connectivity index (χ1v) is 5.93. The molecule has 1 atom stereocenters. The van der Waals surface area contributed by atoms with Gasteiger partial charge in [-0.3, -0.25) is 0 Å². The van der Waals surface area contributed by atoms with E-state index in [1.165, 1.54) is 6.92 Å². The van der Waals surface area contributed by atoms with Crippen molar-refractivity contribution in [1.29, 1.82) is 0 Å². The van der Waals surface area contributed by atoms with E-state index in [1.54, 1.807) is 0 Å². The Kier molecular flexibility index (Phi) is 3.95. The summed E-state index contributed by atoms with van der Waals surface area (Å²) in [5, 5.41) is 8.68. The summed E-state index contributed by atoms with van der Waals surface area (Å²) in [4.78, 5) is -0.383. The molecule has 0 fully saturated rings. The molecule has 7 heteroatoms. The Morgan fingerprint density at radius 1 is 1.38 bits per heavy atom. The van der Waals surface area contributed by atoms with Gasteiger partial charge in [0, 0.05) is 6.04 Å². The number of benzene rings is 1. The molecule has 0 aromatic heterocycles. The number of halogens is 2. The van der Waals surface area contributed by atoms with Crippen LogP contribution < -0.4 is 4.72 Å². The zero-order valence-electron chi connectivity index (χ0n) is 8.44. The van der Waals surface area contributed by atoms with E-state index in [0.29, 0.717) is 6.07 Å². The largest absolute Gasteiger partial charge is 0.395 e. The predicted octanol–water partition coefficient (Wildman–Crippen LogP) is 0.624. The first-order chi connectivity index (χ1) is 7.36. The lowest BCUT2D eigenvalue weighted by molar-refractivity contribution is 0.265. The highest BCUT2D eigenvalue weighted by atomic mass is 32.2. The molecule has 0 unspecified atom stereocenters. The molecular weight excluding hydrogens is 240 g/mol. The van der Waals surface area contributed by atoms with Crippen molar-refractivity contribution in [3.05, 3.63) is 29.8 Å². The number of hydrogen-bond donors (Lipinski definition) is 2. The van der Waals surface area contributed by atoms with E-state index in [2.05, 4.69) is 4.72 Å². The predicted molar refractivity (Wildman–Crippen MR) is 53.2 cm³/mol. The van der Waals surface area contributed by atoms with Crippen LogP contribution in [0.15, 0.2) is 23.1 Å². The second-order valence-electron chi connectivity index (χ2n) is 3.28. The highest BCUT2D eigenvalue weighted by Crippen LogP contribution is 2.13. The van der Waals surface area contributed by atoms with E-state index in [0.717, 1.165) is 12.1 Å². The van der Waals surface area contributed by atoms with Crippen LogP contribution in [-0.4, -0.2) is 26.2 Å². The Balaban J connectivity index is 3.03. The van der Waals surface area contributed by atoms with Crippen molar-refractivity contribution < 1.29 is 22.3 Å². The Labute approximate surface area is 92.0 Å². The first kappa shape index (κ1) is 13.0. The molecule has 1 aromatic rings. The summed E-state index contributed by atoms with van der Waals surface area (Å²) < 4.78 is 50.6. The smallest absolute Gasteiger partial charge is 0.240 e. The SMILES string of the molecule is C[C@H](CO)NS(=O)(=O)c1ccc(F)c(F)c1. The first-order valence-electron chi connectivity index (χ1n) is 4.45. The minimum Gasteiger partial charge on any atom is -0.395 e. The molecule has 2 N–H and O–H groups in total. The monoisotopic (exact) mass is 251 g/mol. The molecule has 0 amide bonds. The molecule has 0 aliphatic carbocycles. The third-order valence-corrected chi connectivity index (χ3v) is 3.42. The molecule has 0 aliphatic rings. The van der Waals surface area contributed by atoms with Gasteiger partial charge in [0.15, 0.2) is 11.6 Å². The van der Waals surface area contributed by atoms with Gasteiger partial charge >= 0.3 is 0 Å². The van der Waals surface area contributed by atoms with Crippen molar-refractivity contribution in [2.45, 2.75) is 17.9 Å². The fourth-order valence-corrected chi connectivity index (χ4v) is 2.26. The summed E-state index contributed by atoms with van der Waals surface area (Å²) in [6, 6.07) is 1.57. The van der Waals surface area contributed by atoms with Crippen molar-refractivity contribution in [3.63, 3.8) is 0 Å². The number of rotatable bonds is 4. The van der Waals surface area contributed by atoms with Crippen LogP contribution in [-0.2, 0) is 10.0 Å². The lowest BCUT2D eigenvalue weighted by atomic mass is 10.3. The third kappa shape index (κ3) is 2.97. The van der Waals surface area contributed by atoms with Gasteiger partial charge in [0.25, 0.3) is 0 Å². The maximum Gasteiger partial charge on any atom is 0.240 e. The normalized spacial score (nSPS) is 13.8. The molecule has 90 valence electrons. The van der Waals surface area contributed by atoms with Crippen LogP contribution in [0.25, 0.3) is 0 Å². The number of hydrogen-bond acceptors (Lipinski definition) is 3. The van der Waals surface area contributed by atoms with Crippen LogP contribution in [0.1, 0.15) is 6.92 Å².